The quantitative estimate of drug-likeness (QED) is 0.198. The SMILES string of the molecule is CN=C(NCCc1c[nH]c2cccc(C)c12)NCc1ccc(N2CC=CC2)cc1.I. The van der Waals surface area contributed by atoms with Gasteiger partial charge >= 0.3 is 0 Å². The Balaban J connectivity index is 0.00000256. The fourth-order valence-corrected chi connectivity index (χ4v) is 3.88. The summed E-state index contributed by atoms with van der Waals surface area (Å²) in [5.41, 5.74) is 6.38. The largest absolute Gasteiger partial charge is 0.364 e. The Bertz CT molecular complexity index is 1010. The molecule has 3 aromatic rings. The molecule has 0 fully saturated rings. The fourth-order valence-electron chi connectivity index (χ4n) is 3.88. The molecule has 2 aromatic carbocycles. The van der Waals surface area contributed by atoms with Gasteiger partial charge in [0.2, 0.25) is 0 Å². The van der Waals surface area contributed by atoms with Crippen molar-refractivity contribution < 1.29 is 0 Å². The summed E-state index contributed by atoms with van der Waals surface area (Å²) in [4.78, 5) is 10.1. The van der Waals surface area contributed by atoms with Crippen molar-refractivity contribution in [3.05, 3.63) is 77.5 Å². The third-order valence-corrected chi connectivity index (χ3v) is 5.49. The summed E-state index contributed by atoms with van der Waals surface area (Å²) in [6, 6.07) is 15.1. The minimum absolute atomic E-state index is 0. The number of aromatic amines is 1. The zero-order valence-corrected chi connectivity index (χ0v) is 19.9. The first kappa shape index (κ1) is 22.2. The number of hydrogen-bond donors (Lipinski definition) is 3. The number of fused-ring (bicyclic) bond motifs is 1. The molecule has 0 bridgehead atoms. The van der Waals surface area contributed by atoms with Crippen LogP contribution in [0.4, 0.5) is 5.69 Å². The first-order chi connectivity index (χ1) is 14.2. The Morgan fingerprint density at radius 3 is 2.57 bits per heavy atom. The van der Waals surface area contributed by atoms with E-state index in [2.05, 4.69) is 93.2 Å². The zero-order valence-electron chi connectivity index (χ0n) is 17.6. The molecule has 1 aromatic heterocycles. The predicted molar refractivity (Wildman–Crippen MR) is 138 cm³/mol. The maximum absolute atomic E-state index is 4.35. The molecule has 4 rings (SSSR count). The molecule has 1 aliphatic heterocycles. The summed E-state index contributed by atoms with van der Waals surface area (Å²) in [5, 5.41) is 8.17. The topological polar surface area (TPSA) is 55.5 Å². The lowest BCUT2D eigenvalue weighted by atomic mass is 10.1. The molecule has 158 valence electrons. The second-order valence-corrected chi connectivity index (χ2v) is 7.46. The number of anilines is 1. The second-order valence-electron chi connectivity index (χ2n) is 7.46. The Kier molecular flexibility index (Phi) is 7.79. The molecule has 0 saturated carbocycles. The summed E-state index contributed by atoms with van der Waals surface area (Å²) >= 11 is 0. The predicted octanol–water partition coefficient (Wildman–Crippen LogP) is 4.38. The number of H-pyrrole nitrogens is 1. The molecule has 0 aliphatic carbocycles. The lowest BCUT2D eigenvalue weighted by Crippen LogP contribution is -2.37. The normalized spacial score (nSPS) is 13.5. The summed E-state index contributed by atoms with van der Waals surface area (Å²) in [6.45, 7) is 5.76. The lowest BCUT2D eigenvalue weighted by Gasteiger charge is -2.18. The summed E-state index contributed by atoms with van der Waals surface area (Å²) in [7, 11) is 1.81. The molecule has 0 radical (unpaired) electrons. The zero-order chi connectivity index (χ0) is 20.1. The molecule has 5 nitrogen and oxygen atoms in total. The van der Waals surface area contributed by atoms with Crippen molar-refractivity contribution in [3.8, 4) is 0 Å². The molecule has 0 spiro atoms. The average molecular weight is 515 g/mol. The van der Waals surface area contributed by atoms with Crippen LogP contribution in [0.1, 0.15) is 16.7 Å². The van der Waals surface area contributed by atoms with E-state index in [0.717, 1.165) is 38.6 Å². The van der Waals surface area contributed by atoms with Crippen LogP contribution in [0.25, 0.3) is 10.9 Å². The number of aromatic nitrogens is 1. The number of nitrogens with one attached hydrogen (secondary N) is 3. The van der Waals surface area contributed by atoms with Gasteiger partial charge in [-0.05, 0) is 48.2 Å². The van der Waals surface area contributed by atoms with Crippen molar-refractivity contribution in [1.82, 2.24) is 15.6 Å². The lowest BCUT2D eigenvalue weighted by molar-refractivity contribution is 0.796. The number of aryl methyl sites for hydroxylation is 1. The molecular weight excluding hydrogens is 485 g/mol. The van der Waals surface area contributed by atoms with Gasteiger partial charge in [-0.1, -0.05) is 36.4 Å². The minimum atomic E-state index is 0. The number of rotatable bonds is 6. The van der Waals surface area contributed by atoms with Crippen LogP contribution in [0.3, 0.4) is 0 Å². The van der Waals surface area contributed by atoms with Gasteiger partial charge in [-0.15, -0.1) is 24.0 Å². The Labute approximate surface area is 195 Å². The van der Waals surface area contributed by atoms with E-state index in [1.54, 1.807) is 0 Å². The molecule has 2 heterocycles. The van der Waals surface area contributed by atoms with Crippen molar-refractivity contribution in [2.24, 2.45) is 4.99 Å². The summed E-state index contributed by atoms with van der Waals surface area (Å²) in [6.07, 6.45) is 7.49. The highest BCUT2D eigenvalue weighted by atomic mass is 127. The van der Waals surface area contributed by atoms with Gasteiger partial charge in [0.15, 0.2) is 5.96 Å². The second kappa shape index (κ2) is 10.5. The number of halogens is 1. The molecule has 0 saturated heterocycles. The van der Waals surface area contributed by atoms with Crippen LogP contribution in [0.5, 0.6) is 0 Å². The highest BCUT2D eigenvalue weighted by Crippen LogP contribution is 2.22. The van der Waals surface area contributed by atoms with E-state index in [9.17, 15) is 0 Å². The van der Waals surface area contributed by atoms with Crippen molar-refractivity contribution in [3.63, 3.8) is 0 Å². The number of guanidine groups is 1. The van der Waals surface area contributed by atoms with Crippen molar-refractivity contribution >= 4 is 46.5 Å². The fraction of sp³-hybridized carbons (Fsp3) is 0.292. The maximum atomic E-state index is 4.35. The van der Waals surface area contributed by atoms with Crippen LogP contribution in [0.2, 0.25) is 0 Å². The van der Waals surface area contributed by atoms with Gasteiger partial charge < -0.3 is 20.5 Å². The summed E-state index contributed by atoms with van der Waals surface area (Å²) in [5.74, 6) is 0.828. The van der Waals surface area contributed by atoms with E-state index in [1.165, 1.54) is 33.3 Å². The molecule has 3 N–H and O–H groups in total. The first-order valence-electron chi connectivity index (χ1n) is 10.2. The average Bonchev–Trinajstić information content (AvgIpc) is 3.42. The van der Waals surface area contributed by atoms with E-state index in [1.807, 2.05) is 7.05 Å². The van der Waals surface area contributed by atoms with Crippen LogP contribution in [0.15, 0.2) is 65.8 Å². The van der Waals surface area contributed by atoms with Crippen LogP contribution < -0.4 is 15.5 Å². The Morgan fingerprint density at radius 2 is 1.83 bits per heavy atom. The number of nitrogens with zero attached hydrogens (tertiary/aromatic N) is 2. The van der Waals surface area contributed by atoms with Crippen LogP contribution in [-0.4, -0.2) is 37.6 Å². The van der Waals surface area contributed by atoms with Crippen LogP contribution in [-0.2, 0) is 13.0 Å². The minimum Gasteiger partial charge on any atom is -0.364 e. The summed E-state index contributed by atoms with van der Waals surface area (Å²) < 4.78 is 0. The van der Waals surface area contributed by atoms with Crippen LogP contribution >= 0.6 is 24.0 Å². The number of aliphatic imine (C=N–C) groups is 1. The van der Waals surface area contributed by atoms with Gasteiger partial charge in [0.1, 0.15) is 0 Å². The molecule has 1 aliphatic rings. The molecule has 0 atom stereocenters. The number of benzene rings is 2. The van der Waals surface area contributed by atoms with E-state index in [-0.39, 0.29) is 24.0 Å². The van der Waals surface area contributed by atoms with E-state index in [4.69, 9.17) is 0 Å². The Morgan fingerprint density at radius 1 is 1.07 bits per heavy atom. The van der Waals surface area contributed by atoms with Gasteiger partial charge in [0.25, 0.3) is 0 Å². The van der Waals surface area contributed by atoms with Gasteiger partial charge in [0, 0.05) is 56.0 Å². The van der Waals surface area contributed by atoms with Gasteiger partial charge in [-0.3, -0.25) is 4.99 Å². The first-order valence-corrected chi connectivity index (χ1v) is 10.2. The monoisotopic (exact) mass is 515 g/mol. The van der Waals surface area contributed by atoms with Crippen molar-refractivity contribution in [1.29, 1.82) is 0 Å². The van der Waals surface area contributed by atoms with E-state index in [0.29, 0.717) is 0 Å². The van der Waals surface area contributed by atoms with Gasteiger partial charge in [0.05, 0.1) is 0 Å². The van der Waals surface area contributed by atoms with Gasteiger partial charge in [-0.25, -0.2) is 0 Å². The van der Waals surface area contributed by atoms with E-state index < -0.39 is 0 Å². The number of hydrogen-bond acceptors (Lipinski definition) is 2. The van der Waals surface area contributed by atoms with Crippen molar-refractivity contribution in [2.75, 3.05) is 31.6 Å². The molecule has 0 amide bonds. The Hall–Kier alpha value is -2.48. The standard InChI is InChI=1S/C24H29N5.HI/c1-18-6-5-7-22-23(18)20(17-27-22)12-13-26-24(25-2)28-16-19-8-10-21(11-9-19)29-14-3-4-15-29;/h3-11,17,27H,12-16H2,1-2H3,(H2,25,26,28);1H. The third kappa shape index (κ3) is 5.16. The van der Waals surface area contributed by atoms with E-state index >= 15 is 0 Å². The smallest absolute Gasteiger partial charge is 0.191 e. The van der Waals surface area contributed by atoms with Crippen LogP contribution in [0, 0.1) is 6.92 Å². The molecular formula is C24H30IN5. The van der Waals surface area contributed by atoms with Crippen molar-refractivity contribution in [2.45, 2.75) is 19.9 Å². The maximum Gasteiger partial charge on any atom is 0.191 e. The highest BCUT2D eigenvalue weighted by molar-refractivity contribution is 14.0. The molecule has 0 unspecified atom stereocenters. The third-order valence-electron chi connectivity index (χ3n) is 5.49. The molecule has 30 heavy (non-hydrogen) atoms. The highest BCUT2D eigenvalue weighted by Gasteiger charge is 2.08. The van der Waals surface area contributed by atoms with Gasteiger partial charge in [-0.2, -0.15) is 0 Å². The molecule has 6 heteroatoms.